The number of carbonyl (C=O) groups is 2. The highest BCUT2D eigenvalue weighted by Gasteiger charge is 2.42. The van der Waals surface area contributed by atoms with Gasteiger partial charge in [0.25, 0.3) is 5.88 Å². The van der Waals surface area contributed by atoms with Crippen LogP contribution in [0.1, 0.15) is 44.2 Å². The molecule has 3 aromatic rings. The lowest BCUT2D eigenvalue weighted by molar-refractivity contribution is -0.140. The first-order valence-electron chi connectivity index (χ1n) is 12.3. The Morgan fingerprint density at radius 3 is 2.60 bits per heavy atom. The quantitative estimate of drug-likeness (QED) is 0.229. The van der Waals surface area contributed by atoms with Gasteiger partial charge in [-0.15, -0.1) is 0 Å². The van der Waals surface area contributed by atoms with Crippen LogP contribution < -0.4 is 9.47 Å². The monoisotopic (exact) mass is 565 g/mol. The summed E-state index contributed by atoms with van der Waals surface area (Å²) in [5.74, 6) is -0.517. The van der Waals surface area contributed by atoms with Gasteiger partial charge in [0.2, 0.25) is 5.89 Å². The topological polar surface area (TPSA) is 122 Å². The van der Waals surface area contributed by atoms with Gasteiger partial charge in [-0.2, -0.15) is 18.2 Å². The molecule has 214 valence electrons. The van der Waals surface area contributed by atoms with E-state index >= 15 is 0 Å². The van der Waals surface area contributed by atoms with Gasteiger partial charge in [-0.05, 0) is 44.2 Å². The van der Waals surface area contributed by atoms with E-state index in [4.69, 9.17) is 28.1 Å². The molecular formula is C26H26F3N3O8. The number of methoxy groups -OCH3 is 1. The molecule has 14 heteroatoms. The third-order valence-corrected chi connectivity index (χ3v) is 5.83. The molecule has 0 unspecified atom stereocenters. The number of oxazole rings is 1. The summed E-state index contributed by atoms with van der Waals surface area (Å²) in [6.45, 7) is 7.27. The normalized spacial score (nSPS) is 15.2. The Morgan fingerprint density at radius 1 is 1.15 bits per heavy atom. The number of unbranched alkanes of at least 4 members (excludes halogenated alkanes) is 1. The number of nitrogens with zero attached hydrogens (tertiary/aromatic N) is 3. The van der Waals surface area contributed by atoms with E-state index in [1.807, 2.05) is 6.92 Å². The number of fused-ring (bicyclic) bond motifs is 1. The van der Waals surface area contributed by atoms with Crippen LogP contribution in [0.4, 0.5) is 22.8 Å². The number of carbonyl (C=O) groups excluding carboxylic acids is 2. The fraction of sp³-hybridized carbons (Fsp3) is 0.385. The number of pyridine rings is 1. The van der Waals surface area contributed by atoms with Crippen LogP contribution in [-0.2, 0) is 20.4 Å². The van der Waals surface area contributed by atoms with Gasteiger partial charge < -0.3 is 28.1 Å². The number of halogens is 3. The molecule has 0 saturated carbocycles. The minimum atomic E-state index is -4.69. The molecule has 1 atom stereocenters. The summed E-state index contributed by atoms with van der Waals surface area (Å²) in [6, 6.07) is 3.93. The molecular weight excluding hydrogens is 539 g/mol. The van der Waals surface area contributed by atoms with E-state index in [0.717, 1.165) is 17.4 Å². The van der Waals surface area contributed by atoms with Gasteiger partial charge in [0.1, 0.15) is 29.6 Å². The van der Waals surface area contributed by atoms with Crippen LogP contribution in [0.5, 0.6) is 11.6 Å². The average molecular weight is 566 g/mol. The molecule has 0 bridgehead atoms. The second-order valence-corrected chi connectivity index (χ2v) is 8.44. The third kappa shape index (κ3) is 5.75. The second-order valence-electron chi connectivity index (χ2n) is 8.44. The van der Waals surface area contributed by atoms with E-state index in [2.05, 4.69) is 16.5 Å². The summed E-state index contributed by atoms with van der Waals surface area (Å²) in [6.07, 6.45) is -5.11. The molecule has 1 aromatic carbocycles. The molecule has 1 amide bonds. The van der Waals surface area contributed by atoms with E-state index in [1.54, 1.807) is 6.92 Å². The average Bonchev–Trinajstić information content (AvgIpc) is 3.50. The molecule has 2 aromatic heterocycles. The molecule has 1 aliphatic heterocycles. The Hall–Kier alpha value is -4.49. The summed E-state index contributed by atoms with van der Waals surface area (Å²) < 4.78 is 72.2. The maximum absolute atomic E-state index is 13.4. The van der Waals surface area contributed by atoms with Crippen LogP contribution in [0.25, 0.3) is 22.4 Å². The van der Waals surface area contributed by atoms with E-state index in [1.165, 1.54) is 25.3 Å². The molecule has 1 saturated heterocycles. The molecule has 3 heterocycles. The molecule has 1 aliphatic rings. The lowest BCUT2D eigenvalue weighted by atomic mass is 10.1. The van der Waals surface area contributed by atoms with Crippen molar-refractivity contribution in [3.8, 4) is 23.1 Å². The van der Waals surface area contributed by atoms with Gasteiger partial charge in [0.05, 0.1) is 20.3 Å². The zero-order valence-corrected chi connectivity index (χ0v) is 21.9. The van der Waals surface area contributed by atoms with Crippen LogP contribution in [-0.4, -0.2) is 54.0 Å². The maximum atomic E-state index is 13.4. The summed E-state index contributed by atoms with van der Waals surface area (Å²) in [5.41, 5.74) is -0.998. The zero-order chi connectivity index (χ0) is 29.0. The van der Waals surface area contributed by atoms with E-state index in [0.29, 0.717) is 6.42 Å². The fourth-order valence-electron chi connectivity index (χ4n) is 3.93. The molecule has 0 aliphatic carbocycles. The number of alkyl halides is 3. The van der Waals surface area contributed by atoms with Crippen molar-refractivity contribution in [2.24, 2.45) is 0 Å². The Morgan fingerprint density at radius 2 is 1.93 bits per heavy atom. The lowest BCUT2D eigenvalue weighted by Gasteiger charge is -2.20. The molecule has 4 rings (SSSR count). The predicted molar refractivity (Wildman–Crippen MR) is 132 cm³/mol. The maximum Gasteiger partial charge on any atom is 0.515 e. The second kappa shape index (κ2) is 11.7. The van der Waals surface area contributed by atoms with E-state index < -0.39 is 30.2 Å². The highest BCUT2D eigenvalue weighted by molar-refractivity contribution is 5.96. The number of aromatic nitrogens is 2. The van der Waals surface area contributed by atoms with Crippen LogP contribution in [0.3, 0.4) is 0 Å². The Balaban J connectivity index is 1.82. The summed E-state index contributed by atoms with van der Waals surface area (Å²) in [4.78, 5) is 34.1. The zero-order valence-electron chi connectivity index (χ0n) is 21.9. The van der Waals surface area contributed by atoms with E-state index in [9.17, 15) is 22.8 Å². The molecule has 40 heavy (non-hydrogen) atoms. The highest BCUT2D eigenvalue weighted by Crippen LogP contribution is 2.42. The SMILES string of the molecule is C=C1OC[C@H](c2oc(-c3ccc(OC)c4nc(C(F)(F)F)ccc34)nc2OC(=O)OCC)N1C(=O)OCCCC. The van der Waals surface area contributed by atoms with Gasteiger partial charge in [-0.1, -0.05) is 13.3 Å². The minimum Gasteiger partial charge on any atom is -0.494 e. The van der Waals surface area contributed by atoms with Crippen LogP contribution in [0, 0.1) is 0 Å². The number of hydrogen-bond donors (Lipinski definition) is 0. The standard InChI is InChI=1S/C26H26F3N3O8/c1-5-7-12-37-24(33)32-14(3)38-13-17(32)21-23(40-25(34)36-6-2)31-22(39-21)16-8-10-18(35-4)20-15(16)9-11-19(30-20)26(27,28)29/h8-11,17H,3,5-7,12-13H2,1-2,4H3/t17-/m1/s1. The van der Waals surface area contributed by atoms with Crippen molar-refractivity contribution >= 4 is 23.2 Å². The van der Waals surface area contributed by atoms with Crippen LogP contribution >= 0.6 is 0 Å². The predicted octanol–water partition coefficient (Wildman–Crippen LogP) is 6.23. The van der Waals surface area contributed by atoms with Crippen molar-refractivity contribution in [2.45, 2.75) is 38.9 Å². The number of benzene rings is 1. The van der Waals surface area contributed by atoms with Gasteiger partial charge >= 0.3 is 18.4 Å². The minimum absolute atomic E-state index is 0.00836. The lowest BCUT2D eigenvalue weighted by Crippen LogP contribution is -2.31. The van der Waals surface area contributed by atoms with Crippen molar-refractivity contribution in [1.82, 2.24) is 14.9 Å². The Bertz CT molecular complexity index is 1420. The largest absolute Gasteiger partial charge is 0.515 e. The molecule has 11 nitrogen and oxygen atoms in total. The number of amides is 1. The van der Waals surface area contributed by atoms with E-state index in [-0.39, 0.29) is 65.5 Å². The van der Waals surface area contributed by atoms with Crippen molar-refractivity contribution in [1.29, 1.82) is 0 Å². The summed E-state index contributed by atoms with van der Waals surface area (Å²) in [7, 11) is 1.30. The van der Waals surface area contributed by atoms with Crippen LogP contribution in [0.2, 0.25) is 0 Å². The highest BCUT2D eigenvalue weighted by atomic mass is 19.4. The number of hydrogen-bond acceptors (Lipinski definition) is 10. The summed E-state index contributed by atoms with van der Waals surface area (Å²) in [5, 5.41) is 0.214. The Kier molecular flexibility index (Phi) is 8.35. The molecule has 1 fully saturated rings. The van der Waals surface area contributed by atoms with Crippen molar-refractivity contribution in [3.63, 3.8) is 0 Å². The van der Waals surface area contributed by atoms with Crippen molar-refractivity contribution in [3.05, 3.63) is 48.2 Å². The molecule has 0 radical (unpaired) electrons. The summed E-state index contributed by atoms with van der Waals surface area (Å²) >= 11 is 0. The smallest absolute Gasteiger partial charge is 0.494 e. The van der Waals surface area contributed by atoms with Crippen molar-refractivity contribution < 1.29 is 50.9 Å². The van der Waals surface area contributed by atoms with Gasteiger partial charge in [-0.3, -0.25) is 0 Å². The third-order valence-electron chi connectivity index (χ3n) is 5.83. The fourth-order valence-corrected chi connectivity index (χ4v) is 3.93. The van der Waals surface area contributed by atoms with Crippen molar-refractivity contribution in [2.75, 3.05) is 26.9 Å². The Labute approximate surface area is 226 Å². The van der Waals surface area contributed by atoms with Gasteiger partial charge in [0, 0.05) is 10.9 Å². The first-order valence-corrected chi connectivity index (χ1v) is 12.3. The van der Waals surface area contributed by atoms with Gasteiger partial charge in [-0.25, -0.2) is 19.5 Å². The van der Waals surface area contributed by atoms with Crippen LogP contribution in [0.15, 0.2) is 41.1 Å². The molecule has 0 N–H and O–H groups in total. The first kappa shape index (κ1) is 28.5. The number of ether oxygens (including phenoxy) is 5. The van der Waals surface area contributed by atoms with Gasteiger partial charge in [0.15, 0.2) is 11.6 Å². The number of rotatable bonds is 8. The molecule has 0 spiro atoms. The first-order chi connectivity index (χ1) is 19.1.